The van der Waals surface area contributed by atoms with Crippen molar-refractivity contribution in [3.05, 3.63) is 0 Å². The molecule has 2 saturated carbocycles. The zero-order valence-electron chi connectivity index (χ0n) is 23.1. The molecule has 1 spiro atoms. The van der Waals surface area contributed by atoms with Crippen LogP contribution < -0.4 is 4.89 Å². The van der Waals surface area contributed by atoms with Gasteiger partial charge in [-0.2, -0.15) is 0 Å². The van der Waals surface area contributed by atoms with Gasteiger partial charge in [0.25, 0.3) is 0 Å². The molecule has 4 atom stereocenters. The lowest BCUT2D eigenvalue weighted by Crippen LogP contribution is -2.53. The molecule has 4 unspecified atom stereocenters. The van der Waals surface area contributed by atoms with E-state index < -0.39 is 41.4 Å². The highest BCUT2D eigenvalue weighted by Gasteiger charge is 2.61. The Morgan fingerprint density at radius 3 is 2.26 bits per heavy atom. The van der Waals surface area contributed by atoms with Gasteiger partial charge in [0.05, 0.1) is 12.5 Å². The normalized spacial score (nSPS) is 27.9. The van der Waals surface area contributed by atoms with Gasteiger partial charge < -0.3 is 22.0 Å². The molecule has 6 nitrogen and oxygen atoms in total. The Kier molecular flexibility index (Phi) is 11.8. The van der Waals surface area contributed by atoms with Crippen LogP contribution in [0, 0.1) is 17.3 Å². The van der Waals surface area contributed by atoms with Gasteiger partial charge in [-0.3, -0.25) is 4.79 Å². The maximum atomic E-state index is 12.8. The van der Waals surface area contributed by atoms with Crippen molar-refractivity contribution in [1.82, 2.24) is 0 Å². The number of carbonyl (C=O) groups is 1. The quantitative estimate of drug-likeness (QED) is 0.151. The van der Waals surface area contributed by atoms with Crippen LogP contribution in [-0.2, 0) is 42.6 Å². The summed E-state index contributed by atoms with van der Waals surface area (Å²) < 4.78 is 25.0. The molecule has 0 N–H and O–H groups in total. The molecule has 203 valence electrons. The lowest BCUT2D eigenvalue weighted by Gasteiger charge is -2.37. The summed E-state index contributed by atoms with van der Waals surface area (Å²) in [6.07, 6.45) is 6.54. The van der Waals surface area contributed by atoms with Crippen molar-refractivity contribution >= 4 is 68.1 Å². The molecule has 2 aliphatic carbocycles. The average Bonchev–Trinajstić information content (AvgIpc) is 3.38. The predicted octanol–water partition coefficient (Wildman–Crippen LogP) is 5.63. The van der Waals surface area contributed by atoms with Crippen LogP contribution >= 0.6 is 6.92 Å². The molecule has 0 heterocycles. The van der Waals surface area contributed by atoms with Gasteiger partial charge in [-0.1, -0.05) is 6.92 Å². The molecule has 1 radical (unpaired) electrons. The van der Waals surface area contributed by atoms with E-state index in [4.69, 9.17) is 28.3 Å². The molecule has 0 aromatic rings. The largest absolute Gasteiger partial charge is 0.619 e. The summed E-state index contributed by atoms with van der Waals surface area (Å²) >= 11 is 4.94. The lowest BCUT2D eigenvalue weighted by molar-refractivity contribution is -0.153. The smallest absolute Gasteiger partial charge is 0.360 e. The lowest BCUT2D eigenvalue weighted by atomic mass is 9.78. The summed E-state index contributed by atoms with van der Waals surface area (Å²) in [5, 5.41) is 0. The molecule has 0 saturated heterocycles. The number of carbonyl (C=O) groups excluding carboxylic acids is 1. The molecule has 2 fully saturated rings. The highest BCUT2D eigenvalue weighted by molar-refractivity contribution is 8.34. The first-order valence-electron chi connectivity index (χ1n) is 12.8. The first kappa shape index (κ1) is 32.1. The van der Waals surface area contributed by atoms with E-state index in [1.165, 1.54) is 0 Å². The maximum absolute atomic E-state index is 12.8. The Labute approximate surface area is 227 Å². The summed E-state index contributed by atoms with van der Waals surface area (Å²) in [5.41, 5.74) is 0.630. The zero-order chi connectivity index (χ0) is 26.7. The number of ether oxygens (including phenoxy) is 1. The second-order valence-corrected chi connectivity index (χ2v) is 31.4. The molecular formula is C22H46O6PS2Si4. The van der Waals surface area contributed by atoms with E-state index in [1.54, 1.807) is 0 Å². The highest BCUT2D eigenvalue weighted by atomic mass is 32.9. The minimum atomic E-state index is -2.60. The minimum Gasteiger partial charge on any atom is -0.619 e. The van der Waals surface area contributed by atoms with Crippen molar-refractivity contribution in [1.29, 1.82) is 0 Å². The third-order valence-corrected chi connectivity index (χ3v) is 22.7. The molecule has 0 aromatic carbocycles. The summed E-state index contributed by atoms with van der Waals surface area (Å²) in [5.74, 6) is 0.163. The van der Waals surface area contributed by atoms with E-state index in [-0.39, 0.29) is 11.9 Å². The number of rotatable bonds is 13. The van der Waals surface area contributed by atoms with Crippen molar-refractivity contribution in [2.75, 3.05) is 6.61 Å². The Morgan fingerprint density at radius 1 is 1.14 bits per heavy atom. The molecule has 0 amide bonds. The number of hydrogen-bond acceptors (Lipinski definition) is 7. The van der Waals surface area contributed by atoms with Crippen LogP contribution in [0.15, 0.2) is 0 Å². The SMILES string of the molecule is CC(C[Si](C)(O[Si](C)O[Si](C)(C)C)O[Si](C)(C)C)C(=O)OCCC1CCC2(CC1)CC2[P+]([O-])=S=S. The van der Waals surface area contributed by atoms with E-state index in [0.29, 0.717) is 29.6 Å². The second kappa shape index (κ2) is 12.8. The molecule has 0 aliphatic heterocycles. The first-order chi connectivity index (χ1) is 16.0. The monoisotopic (exact) mass is 613 g/mol. The Bertz CT molecular complexity index is 794. The van der Waals surface area contributed by atoms with E-state index in [1.807, 2.05) is 13.5 Å². The van der Waals surface area contributed by atoms with Crippen LogP contribution in [0.1, 0.15) is 45.4 Å². The van der Waals surface area contributed by atoms with Gasteiger partial charge >= 0.3 is 23.8 Å². The molecule has 2 aliphatic rings. The summed E-state index contributed by atoms with van der Waals surface area (Å²) in [6.45, 7) is 18.2. The molecule has 0 aromatic heterocycles. The Morgan fingerprint density at radius 2 is 1.74 bits per heavy atom. The van der Waals surface area contributed by atoms with Gasteiger partial charge in [0.2, 0.25) is 0 Å². The first-order valence-corrected chi connectivity index (χ1v) is 27.7. The van der Waals surface area contributed by atoms with Crippen molar-refractivity contribution < 1.29 is 26.8 Å². The van der Waals surface area contributed by atoms with Crippen LogP contribution in [0.5, 0.6) is 0 Å². The van der Waals surface area contributed by atoms with Gasteiger partial charge in [-0.15, -0.1) is 0 Å². The van der Waals surface area contributed by atoms with Gasteiger partial charge in [0, 0.05) is 29.1 Å². The summed E-state index contributed by atoms with van der Waals surface area (Å²) in [7, 11) is -6.50. The fourth-order valence-corrected chi connectivity index (χ4v) is 22.9. The van der Waals surface area contributed by atoms with Crippen molar-refractivity contribution in [3.63, 3.8) is 0 Å². The minimum absolute atomic E-state index is 0.156. The maximum Gasteiger partial charge on any atom is 0.360 e. The predicted molar refractivity (Wildman–Crippen MR) is 157 cm³/mol. The van der Waals surface area contributed by atoms with E-state index in [2.05, 4.69) is 45.8 Å². The zero-order valence-corrected chi connectivity index (χ0v) is 29.6. The van der Waals surface area contributed by atoms with Crippen molar-refractivity contribution in [3.8, 4) is 0 Å². The average molecular weight is 614 g/mol. The van der Waals surface area contributed by atoms with E-state index >= 15 is 0 Å². The summed E-state index contributed by atoms with van der Waals surface area (Å²) in [6, 6.07) is 0.583. The molecule has 0 bridgehead atoms. The van der Waals surface area contributed by atoms with Crippen molar-refractivity contribution in [2.24, 2.45) is 17.3 Å². The van der Waals surface area contributed by atoms with Crippen LogP contribution in [0.4, 0.5) is 0 Å². The van der Waals surface area contributed by atoms with Crippen LogP contribution in [-0.4, -0.2) is 52.7 Å². The molecule has 2 rings (SSSR count). The third-order valence-electron chi connectivity index (χ3n) is 6.76. The molecule has 13 heteroatoms. The fraction of sp³-hybridized carbons (Fsp3) is 0.955. The topological polar surface area (TPSA) is 77.1 Å². The van der Waals surface area contributed by atoms with Gasteiger partial charge in [-0.25, -0.2) is 0 Å². The Balaban J connectivity index is 1.81. The van der Waals surface area contributed by atoms with Crippen LogP contribution in [0.25, 0.3) is 0 Å². The van der Waals surface area contributed by atoms with Crippen LogP contribution in [0.2, 0.25) is 58.4 Å². The Hall–Kier alpha value is 0.918. The third kappa shape index (κ3) is 10.9. The van der Waals surface area contributed by atoms with Crippen molar-refractivity contribution in [2.45, 2.75) is 110 Å². The highest BCUT2D eigenvalue weighted by Crippen LogP contribution is 2.65. The standard InChI is InChI=1S/C22H46O6PS2Si4/c1-18(17-35(9,28-34(6,7)8)27-32(2)26-33(3,4)5)21(23)25-15-12-19-10-13-22(14-11-19)16-20(22)29(24)31-30/h18-20H,10-17H2,1-9H3. The van der Waals surface area contributed by atoms with Gasteiger partial charge in [0.1, 0.15) is 22.1 Å². The summed E-state index contributed by atoms with van der Waals surface area (Å²) in [4.78, 5) is 24.9. The number of hydrogen-bond donors (Lipinski definition) is 0. The van der Waals surface area contributed by atoms with E-state index in [9.17, 15) is 9.69 Å². The van der Waals surface area contributed by atoms with E-state index in [0.717, 1.165) is 48.0 Å². The molecule has 35 heavy (non-hydrogen) atoms. The van der Waals surface area contributed by atoms with Gasteiger partial charge in [0.15, 0.2) is 16.6 Å². The number of esters is 1. The second-order valence-electron chi connectivity index (χ2n) is 12.6. The fourth-order valence-electron chi connectivity index (χ4n) is 5.37. The van der Waals surface area contributed by atoms with Gasteiger partial charge in [-0.05, 0) is 90.4 Å². The van der Waals surface area contributed by atoms with Crippen LogP contribution in [0.3, 0.4) is 0 Å². The molecular weight excluding hydrogens is 568 g/mol.